The van der Waals surface area contributed by atoms with E-state index in [1.165, 1.54) is 6.92 Å². The summed E-state index contributed by atoms with van der Waals surface area (Å²) in [7, 11) is 0. The molecule has 0 saturated carbocycles. The van der Waals surface area contributed by atoms with Gasteiger partial charge >= 0.3 is 12.1 Å². The zero-order valence-electron chi connectivity index (χ0n) is 14.3. The molecule has 26 heavy (non-hydrogen) atoms. The van der Waals surface area contributed by atoms with Crippen LogP contribution in [0.15, 0.2) is 60.7 Å². The standard InChI is InChI=1S/C20H19NO5/c1-14(22)26-18(16-10-6-3-7-11-16)19(23)21-17(13-25-20(21)24)12-15-8-4-2-5-9-15/h2-11,17-18H,12-13H2,1H3/t17-,18-/m0/s1. The maximum absolute atomic E-state index is 13.0. The fourth-order valence-corrected chi connectivity index (χ4v) is 2.95. The van der Waals surface area contributed by atoms with E-state index >= 15 is 0 Å². The van der Waals surface area contributed by atoms with Crippen LogP contribution in [0.2, 0.25) is 0 Å². The van der Waals surface area contributed by atoms with Crippen LogP contribution < -0.4 is 0 Å². The number of ether oxygens (including phenoxy) is 2. The number of rotatable bonds is 5. The van der Waals surface area contributed by atoms with Gasteiger partial charge in [-0.25, -0.2) is 9.69 Å². The van der Waals surface area contributed by atoms with E-state index in [0.29, 0.717) is 12.0 Å². The Balaban J connectivity index is 1.86. The van der Waals surface area contributed by atoms with Crippen molar-refractivity contribution in [3.63, 3.8) is 0 Å². The highest BCUT2D eigenvalue weighted by Gasteiger charge is 2.42. The second-order valence-electron chi connectivity index (χ2n) is 6.03. The third-order valence-corrected chi connectivity index (χ3v) is 4.12. The molecule has 2 aromatic carbocycles. The van der Waals surface area contributed by atoms with Crippen LogP contribution in [0, 0.1) is 0 Å². The average molecular weight is 353 g/mol. The number of imide groups is 1. The SMILES string of the molecule is CC(=O)O[C@H](C(=O)N1C(=O)OC[C@@H]1Cc1ccccc1)c1ccccc1. The molecule has 0 aromatic heterocycles. The molecule has 0 bridgehead atoms. The minimum Gasteiger partial charge on any atom is -0.447 e. The van der Waals surface area contributed by atoms with Gasteiger partial charge in [-0.1, -0.05) is 60.7 Å². The second-order valence-corrected chi connectivity index (χ2v) is 6.03. The molecule has 0 unspecified atom stereocenters. The molecule has 1 heterocycles. The van der Waals surface area contributed by atoms with Crippen LogP contribution in [-0.2, 0) is 25.5 Å². The van der Waals surface area contributed by atoms with Gasteiger partial charge in [-0.2, -0.15) is 0 Å². The number of nitrogens with zero attached hydrogens (tertiary/aromatic N) is 1. The minimum absolute atomic E-state index is 0.112. The average Bonchev–Trinajstić information content (AvgIpc) is 3.01. The number of amides is 2. The van der Waals surface area contributed by atoms with E-state index in [1.807, 2.05) is 30.3 Å². The molecular weight excluding hydrogens is 334 g/mol. The normalized spacial score (nSPS) is 17.5. The maximum atomic E-state index is 13.0. The topological polar surface area (TPSA) is 72.9 Å². The van der Waals surface area contributed by atoms with Gasteiger partial charge in [-0.05, 0) is 12.0 Å². The van der Waals surface area contributed by atoms with E-state index in [-0.39, 0.29) is 6.61 Å². The van der Waals surface area contributed by atoms with Gasteiger partial charge in [0, 0.05) is 12.5 Å². The number of cyclic esters (lactones) is 1. The van der Waals surface area contributed by atoms with Crippen molar-refractivity contribution in [2.45, 2.75) is 25.5 Å². The lowest BCUT2D eigenvalue weighted by molar-refractivity contribution is -0.158. The van der Waals surface area contributed by atoms with Crippen LogP contribution in [0.5, 0.6) is 0 Å². The number of benzene rings is 2. The predicted octanol–water partition coefficient (Wildman–Crippen LogP) is 2.88. The van der Waals surface area contributed by atoms with Gasteiger partial charge in [0.2, 0.25) is 6.10 Å². The predicted molar refractivity (Wildman–Crippen MR) is 93.1 cm³/mol. The minimum atomic E-state index is -1.18. The van der Waals surface area contributed by atoms with Crippen molar-refractivity contribution < 1.29 is 23.9 Å². The zero-order valence-corrected chi connectivity index (χ0v) is 14.3. The van der Waals surface area contributed by atoms with Crippen LogP contribution in [0.4, 0.5) is 4.79 Å². The van der Waals surface area contributed by atoms with E-state index in [9.17, 15) is 14.4 Å². The molecule has 1 saturated heterocycles. The lowest BCUT2D eigenvalue weighted by Crippen LogP contribution is -2.43. The molecular formula is C20H19NO5. The summed E-state index contributed by atoms with van der Waals surface area (Å²) >= 11 is 0. The Morgan fingerprint density at radius 1 is 1.12 bits per heavy atom. The summed E-state index contributed by atoms with van der Waals surface area (Å²) in [5, 5.41) is 0. The summed E-state index contributed by atoms with van der Waals surface area (Å²) in [5.41, 5.74) is 1.49. The Bertz CT molecular complexity index is 790. The lowest BCUT2D eigenvalue weighted by atomic mass is 10.0. The molecule has 3 rings (SSSR count). The van der Waals surface area contributed by atoms with E-state index in [2.05, 4.69) is 0 Å². The second kappa shape index (κ2) is 7.82. The summed E-state index contributed by atoms with van der Waals surface area (Å²) in [5.74, 6) is -1.20. The Morgan fingerprint density at radius 3 is 2.35 bits per heavy atom. The van der Waals surface area contributed by atoms with Gasteiger partial charge in [-0.15, -0.1) is 0 Å². The van der Waals surface area contributed by atoms with Crippen molar-refractivity contribution in [2.24, 2.45) is 0 Å². The monoisotopic (exact) mass is 353 g/mol. The third-order valence-electron chi connectivity index (χ3n) is 4.12. The third kappa shape index (κ3) is 3.91. The summed E-state index contributed by atoms with van der Waals surface area (Å²) in [6.45, 7) is 1.34. The first-order valence-corrected chi connectivity index (χ1v) is 8.32. The van der Waals surface area contributed by atoms with Crippen molar-refractivity contribution in [3.8, 4) is 0 Å². The van der Waals surface area contributed by atoms with Crippen LogP contribution in [0.1, 0.15) is 24.2 Å². The number of esters is 1. The molecule has 2 atom stereocenters. The molecule has 0 spiro atoms. The zero-order chi connectivity index (χ0) is 18.5. The molecule has 0 N–H and O–H groups in total. The first-order chi connectivity index (χ1) is 12.6. The van der Waals surface area contributed by atoms with Crippen molar-refractivity contribution in [3.05, 3.63) is 71.8 Å². The first kappa shape index (κ1) is 17.7. The lowest BCUT2D eigenvalue weighted by Gasteiger charge is -2.24. The molecule has 2 amide bonds. The molecule has 1 aliphatic rings. The van der Waals surface area contributed by atoms with E-state index < -0.39 is 30.1 Å². The molecule has 0 aliphatic carbocycles. The van der Waals surface area contributed by atoms with E-state index in [4.69, 9.17) is 9.47 Å². The van der Waals surface area contributed by atoms with Gasteiger partial charge in [-0.3, -0.25) is 9.59 Å². The van der Waals surface area contributed by atoms with Crippen molar-refractivity contribution in [2.75, 3.05) is 6.61 Å². The summed E-state index contributed by atoms with van der Waals surface area (Å²) < 4.78 is 10.3. The number of hydrogen-bond acceptors (Lipinski definition) is 5. The highest BCUT2D eigenvalue weighted by molar-refractivity contribution is 5.97. The van der Waals surface area contributed by atoms with Gasteiger partial charge in [0.25, 0.3) is 5.91 Å². The highest BCUT2D eigenvalue weighted by Crippen LogP contribution is 2.26. The summed E-state index contributed by atoms with van der Waals surface area (Å²) in [6.07, 6.45) is -1.43. The fraction of sp³-hybridized carbons (Fsp3) is 0.250. The maximum Gasteiger partial charge on any atom is 0.417 e. The Hall–Kier alpha value is -3.15. The van der Waals surface area contributed by atoms with Gasteiger partial charge < -0.3 is 9.47 Å². The van der Waals surface area contributed by atoms with Crippen molar-refractivity contribution in [1.29, 1.82) is 0 Å². The van der Waals surface area contributed by atoms with Crippen LogP contribution >= 0.6 is 0 Å². The Kier molecular flexibility index (Phi) is 5.31. The summed E-state index contributed by atoms with van der Waals surface area (Å²) in [4.78, 5) is 37.8. The Labute approximate surface area is 151 Å². The molecule has 134 valence electrons. The van der Waals surface area contributed by atoms with Gasteiger partial charge in [0.05, 0.1) is 6.04 Å². The first-order valence-electron chi connectivity index (χ1n) is 8.32. The fourth-order valence-electron chi connectivity index (χ4n) is 2.95. The highest BCUT2D eigenvalue weighted by atomic mass is 16.6. The molecule has 6 heteroatoms. The quantitative estimate of drug-likeness (QED) is 0.773. The molecule has 1 aliphatic heterocycles. The molecule has 0 radical (unpaired) electrons. The van der Waals surface area contributed by atoms with Crippen LogP contribution in [0.3, 0.4) is 0 Å². The number of carbonyl (C=O) groups is 3. The van der Waals surface area contributed by atoms with Crippen molar-refractivity contribution in [1.82, 2.24) is 4.90 Å². The van der Waals surface area contributed by atoms with Gasteiger partial charge in [0.15, 0.2) is 0 Å². The van der Waals surface area contributed by atoms with Crippen LogP contribution in [-0.4, -0.2) is 35.5 Å². The smallest absolute Gasteiger partial charge is 0.417 e. The number of carbonyl (C=O) groups excluding carboxylic acids is 3. The van der Waals surface area contributed by atoms with Crippen molar-refractivity contribution >= 4 is 18.0 Å². The molecule has 1 fully saturated rings. The molecule has 2 aromatic rings. The molecule has 6 nitrogen and oxygen atoms in total. The Morgan fingerprint density at radius 2 is 1.73 bits per heavy atom. The van der Waals surface area contributed by atoms with Crippen LogP contribution in [0.25, 0.3) is 0 Å². The summed E-state index contributed by atoms with van der Waals surface area (Å²) in [6, 6.07) is 17.7. The van der Waals surface area contributed by atoms with E-state index in [0.717, 1.165) is 10.5 Å². The number of hydrogen-bond donors (Lipinski definition) is 0. The largest absolute Gasteiger partial charge is 0.447 e. The van der Waals surface area contributed by atoms with Gasteiger partial charge in [0.1, 0.15) is 6.61 Å². The van der Waals surface area contributed by atoms with E-state index in [1.54, 1.807) is 30.3 Å².